The second-order valence-electron chi connectivity index (χ2n) is 4.43. The number of carbonyl (C=O) groups is 1. The molecule has 0 amide bonds. The first kappa shape index (κ1) is 10.9. The van der Waals surface area contributed by atoms with E-state index in [2.05, 4.69) is 0 Å². The smallest absolute Gasteiger partial charge is 0.127 e. The zero-order chi connectivity index (χ0) is 10.8. The molecule has 14 heavy (non-hydrogen) atoms. The molecule has 0 N–H and O–H groups in total. The number of carbonyl (C=O) groups excluding carboxylic acids is 1. The van der Waals surface area contributed by atoms with Crippen LogP contribution in [-0.4, -0.2) is 6.29 Å². The minimum atomic E-state index is -0.225. The maximum atomic E-state index is 13.6. The van der Waals surface area contributed by atoms with Gasteiger partial charge in [-0.25, -0.2) is 4.39 Å². The number of hydrogen-bond donors (Lipinski definition) is 0. The van der Waals surface area contributed by atoms with E-state index in [0.29, 0.717) is 5.56 Å². The molecule has 0 radical (unpaired) electrons. The van der Waals surface area contributed by atoms with Crippen molar-refractivity contribution in [3.63, 3.8) is 0 Å². The predicted octanol–water partition coefficient (Wildman–Crippen LogP) is 2.86. The van der Waals surface area contributed by atoms with E-state index < -0.39 is 0 Å². The van der Waals surface area contributed by atoms with Crippen LogP contribution in [0.5, 0.6) is 0 Å². The molecular formula is C12H15FO. The Hall–Kier alpha value is -1.18. The van der Waals surface area contributed by atoms with E-state index in [0.717, 1.165) is 11.8 Å². The van der Waals surface area contributed by atoms with Gasteiger partial charge in [0.15, 0.2) is 0 Å². The molecule has 0 heterocycles. The van der Waals surface area contributed by atoms with Gasteiger partial charge in [-0.1, -0.05) is 32.9 Å². The van der Waals surface area contributed by atoms with E-state index in [1.807, 2.05) is 20.8 Å². The molecule has 1 rings (SSSR count). The zero-order valence-electron chi connectivity index (χ0n) is 8.80. The molecule has 2 heteroatoms. The highest BCUT2D eigenvalue weighted by atomic mass is 19.1. The van der Waals surface area contributed by atoms with Crippen LogP contribution in [0.3, 0.4) is 0 Å². The first-order valence-electron chi connectivity index (χ1n) is 4.67. The average Bonchev–Trinajstić information content (AvgIpc) is 2.02. The lowest BCUT2D eigenvalue weighted by Gasteiger charge is -2.19. The molecule has 0 saturated heterocycles. The van der Waals surface area contributed by atoms with Gasteiger partial charge in [0.25, 0.3) is 0 Å². The SMILES string of the molecule is CC(C)(C)c1ccc(CC=O)cc1F. The maximum absolute atomic E-state index is 13.6. The van der Waals surface area contributed by atoms with E-state index in [9.17, 15) is 9.18 Å². The third-order valence-electron chi connectivity index (χ3n) is 2.16. The predicted molar refractivity (Wildman–Crippen MR) is 54.9 cm³/mol. The Balaban J connectivity index is 3.07. The van der Waals surface area contributed by atoms with E-state index in [1.165, 1.54) is 6.07 Å². The lowest BCUT2D eigenvalue weighted by molar-refractivity contribution is -0.107. The van der Waals surface area contributed by atoms with Crippen LogP contribution < -0.4 is 0 Å². The molecule has 0 atom stereocenters. The first-order chi connectivity index (χ1) is 6.45. The van der Waals surface area contributed by atoms with Gasteiger partial charge in [0.05, 0.1) is 0 Å². The quantitative estimate of drug-likeness (QED) is 0.661. The van der Waals surface area contributed by atoms with E-state index in [-0.39, 0.29) is 17.7 Å². The zero-order valence-corrected chi connectivity index (χ0v) is 8.80. The van der Waals surface area contributed by atoms with Crippen molar-refractivity contribution in [2.24, 2.45) is 0 Å². The highest BCUT2D eigenvalue weighted by Gasteiger charge is 2.17. The molecule has 0 aliphatic rings. The summed E-state index contributed by atoms with van der Waals surface area (Å²) in [5.74, 6) is -0.225. The topological polar surface area (TPSA) is 17.1 Å². The van der Waals surface area contributed by atoms with Gasteiger partial charge in [-0.05, 0) is 22.6 Å². The van der Waals surface area contributed by atoms with Crippen molar-refractivity contribution in [3.8, 4) is 0 Å². The van der Waals surface area contributed by atoms with Crippen molar-refractivity contribution in [2.45, 2.75) is 32.6 Å². The molecule has 0 aliphatic carbocycles. The Morgan fingerprint density at radius 3 is 2.43 bits per heavy atom. The van der Waals surface area contributed by atoms with Crippen LogP contribution in [0.1, 0.15) is 31.9 Å². The van der Waals surface area contributed by atoms with Gasteiger partial charge in [-0.3, -0.25) is 0 Å². The first-order valence-corrected chi connectivity index (χ1v) is 4.67. The summed E-state index contributed by atoms with van der Waals surface area (Å²) in [7, 11) is 0. The van der Waals surface area contributed by atoms with Crippen LogP contribution in [-0.2, 0) is 16.6 Å². The van der Waals surface area contributed by atoms with Gasteiger partial charge in [0, 0.05) is 6.42 Å². The van der Waals surface area contributed by atoms with Gasteiger partial charge in [0.1, 0.15) is 12.1 Å². The van der Waals surface area contributed by atoms with E-state index in [4.69, 9.17) is 0 Å². The summed E-state index contributed by atoms with van der Waals surface area (Å²) in [5, 5.41) is 0. The molecule has 0 fully saturated rings. The Morgan fingerprint density at radius 2 is 2.00 bits per heavy atom. The Morgan fingerprint density at radius 1 is 1.36 bits per heavy atom. The van der Waals surface area contributed by atoms with Crippen molar-refractivity contribution in [1.82, 2.24) is 0 Å². The molecule has 0 aromatic heterocycles. The number of aldehydes is 1. The molecular weight excluding hydrogens is 179 g/mol. The summed E-state index contributed by atoms with van der Waals surface area (Å²) in [5.41, 5.74) is 1.22. The lowest BCUT2D eigenvalue weighted by Crippen LogP contribution is -2.13. The number of rotatable bonds is 2. The van der Waals surface area contributed by atoms with Gasteiger partial charge in [-0.15, -0.1) is 0 Å². The van der Waals surface area contributed by atoms with Crippen molar-refractivity contribution < 1.29 is 9.18 Å². The van der Waals surface area contributed by atoms with Crippen molar-refractivity contribution in [1.29, 1.82) is 0 Å². The van der Waals surface area contributed by atoms with Gasteiger partial charge >= 0.3 is 0 Å². The highest BCUT2D eigenvalue weighted by molar-refractivity contribution is 5.55. The van der Waals surface area contributed by atoms with Crippen LogP contribution in [0.2, 0.25) is 0 Å². The van der Waals surface area contributed by atoms with Crippen molar-refractivity contribution >= 4 is 6.29 Å². The lowest BCUT2D eigenvalue weighted by atomic mass is 9.86. The third-order valence-corrected chi connectivity index (χ3v) is 2.16. The van der Waals surface area contributed by atoms with Crippen molar-refractivity contribution in [2.75, 3.05) is 0 Å². The highest BCUT2D eigenvalue weighted by Crippen LogP contribution is 2.25. The standard InChI is InChI=1S/C12H15FO/c1-12(2,3)10-5-4-9(6-7-14)8-11(10)13/h4-5,7-8H,6H2,1-3H3. The number of halogens is 1. The Bertz CT molecular complexity index is 337. The fourth-order valence-electron chi connectivity index (χ4n) is 1.39. The summed E-state index contributed by atoms with van der Waals surface area (Å²) in [6.45, 7) is 5.89. The summed E-state index contributed by atoms with van der Waals surface area (Å²) in [6, 6.07) is 5.00. The fraction of sp³-hybridized carbons (Fsp3) is 0.417. The van der Waals surface area contributed by atoms with E-state index in [1.54, 1.807) is 12.1 Å². The normalized spacial score (nSPS) is 11.4. The number of hydrogen-bond acceptors (Lipinski definition) is 1. The van der Waals surface area contributed by atoms with Crippen LogP contribution in [0.4, 0.5) is 4.39 Å². The molecule has 0 saturated carbocycles. The van der Waals surface area contributed by atoms with Gasteiger partial charge < -0.3 is 4.79 Å². The molecule has 0 aliphatic heterocycles. The summed E-state index contributed by atoms with van der Waals surface area (Å²) in [6.07, 6.45) is 1.06. The van der Waals surface area contributed by atoms with Gasteiger partial charge in [-0.2, -0.15) is 0 Å². The Kier molecular flexibility index (Phi) is 3.04. The van der Waals surface area contributed by atoms with Crippen LogP contribution >= 0.6 is 0 Å². The van der Waals surface area contributed by atoms with Crippen LogP contribution in [0.15, 0.2) is 18.2 Å². The third kappa shape index (κ3) is 2.41. The fourth-order valence-corrected chi connectivity index (χ4v) is 1.39. The molecule has 0 unspecified atom stereocenters. The molecule has 1 nitrogen and oxygen atoms in total. The second kappa shape index (κ2) is 3.91. The van der Waals surface area contributed by atoms with Crippen LogP contribution in [0, 0.1) is 5.82 Å². The Labute approximate surface area is 83.9 Å². The maximum Gasteiger partial charge on any atom is 0.127 e. The van der Waals surface area contributed by atoms with Crippen molar-refractivity contribution in [3.05, 3.63) is 35.1 Å². The minimum Gasteiger partial charge on any atom is -0.303 e. The largest absolute Gasteiger partial charge is 0.303 e. The molecule has 1 aromatic carbocycles. The monoisotopic (exact) mass is 194 g/mol. The molecule has 76 valence electrons. The molecule has 0 bridgehead atoms. The second-order valence-corrected chi connectivity index (χ2v) is 4.43. The van der Waals surface area contributed by atoms with Crippen LogP contribution in [0.25, 0.3) is 0 Å². The molecule has 0 spiro atoms. The number of benzene rings is 1. The molecule has 1 aromatic rings. The van der Waals surface area contributed by atoms with Gasteiger partial charge in [0.2, 0.25) is 0 Å². The summed E-state index contributed by atoms with van der Waals surface area (Å²) >= 11 is 0. The van der Waals surface area contributed by atoms with E-state index >= 15 is 0 Å². The minimum absolute atomic E-state index is 0.191. The summed E-state index contributed by atoms with van der Waals surface area (Å²) in [4.78, 5) is 10.2. The summed E-state index contributed by atoms with van der Waals surface area (Å²) < 4.78 is 13.6. The average molecular weight is 194 g/mol.